The summed E-state index contributed by atoms with van der Waals surface area (Å²) >= 11 is 0. The van der Waals surface area contributed by atoms with E-state index in [1.807, 2.05) is 54.6 Å². The lowest BCUT2D eigenvalue weighted by atomic mass is 10.2. The topological polar surface area (TPSA) is 65.1 Å². The molecule has 1 atom stereocenters. The number of para-hydroxylation sites is 1. The zero-order chi connectivity index (χ0) is 21.7. The molecule has 3 aromatic rings. The van der Waals surface area contributed by atoms with E-state index in [2.05, 4.69) is 0 Å². The van der Waals surface area contributed by atoms with Crippen molar-refractivity contribution in [3.8, 4) is 11.5 Å². The van der Waals surface area contributed by atoms with Gasteiger partial charge in [-0.3, -0.25) is 0 Å². The number of benzene rings is 3. The molecule has 0 saturated carbocycles. The largest absolute Gasteiger partial charge is 0.497 e. The van der Waals surface area contributed by atoms with Gasteiger partial charge >= 0.3 is 0 Å². The highest BCUT2D eigenvalue weighted by Gasteiger charge is 2.34. The maximum Gasteiger partial charge on any atom is 0.247 e. The molecule has 0 aliphatic carbocycles. The summed E-state index contributed by atoms with van der Waals surface area (Å²) in [6.07, 6.45) is -0.430. The third-order valence-corrected chi connectivity index (χ3v) is 6.95. The molecular weight excluding hydrogens is 414 g/mol. The summed E-state index contributed by atoms with van der Waals surface area (Å²) in [5.41, 5.74) is 1.92. The van der Waals surface area contributed by atoms with E-state index in [9.17, 15) is 8.42 Å². The molecule has 3 aromatic carbocycles. The van der Waals surface area contributed by atoms with Crippen molar-refractivity contribution in [3.63, 3.8) is 0 Å². The first kappa shape index (κ1) is 21.4. The average molecular weight is 440 g/mol. The van der Waals surface area contributed by atoms with Crippen molar-refractivity contribution in [2.45, 2.75) is 24.2 Å². The van der Waals surface area contributed by atoms with Crippen LogP contribution in [-0.4, -0.2) is 39.1 Å². The summed E-state index contributed by atoms with van der Waals surface area (Å²) in [6.45, 7) is 1.14. The minimum absolute atomic E-state index is 0.175. The minimum atomic E-state index is -3.72. The number of rotatable bonds is 7. The molecular formula is C24H25NO5S. The molecule has 0 spiro atoms. The molecule has 6 nitrogen and oxygen atoms in total. The summed E-state index contributed by atoms with van der Waals surface area (Å²) < 4.78 is 45.3. The van der Waals surface area contributed by atoms with Crippen LogP contribution in [0.1, 0.15) is 11.1 Å². The van der Waals surface area contributed by atoms with Crippen molar-refractivity contribution in [1.82, 2.24) is 4.31 Å². The maximum absolute atomic E-state index is 13.4. The molecule has 0 fully saturated rings. The first-order valence-corrected chi connectivity index (χ1v) is 11.5. The standard InChI is InChI=1S/C24H25NO5S/c1-28-21-13-11-19(12-14-21)15-25-16-22(18-29-17-20-7-3-2-4-8-20)30-23-9-5-6-10-24(23)31(25,26)27/h2-14,22H,15-18H2,1H3. The van der Waals surface area contributed by atoms with E-state index in [1.54, 1.807) is 31.4 Å². The summed E-state index contributed by atoms with van der Waals surface area (Å²) in [5.74, 6) is 1.08. The van der Waals surface area contributed by atoms with Crippen LogP contribution in [0.3, 0.4) is 0 Å². The summed E-state index contributed by atoms with van der Waals surface area (Å²) in [6, 6.07) is 24.0. The van der Waals surface area contributed by atoms with Gasteiger partial charge in [0.2, 0.25) is 10.0 Å². The van der Waals surface area contributed by atoms with Crippen LogP contribution in [0, 0.1) is 0 Å². The van der Waals surface area contributed by atoms with Crippen molar-refractivity contribution in [2.75, 3.05) is 20.3 Å². The Morgan fingerprint density at radius 3 is 2.39 bits per heavy atom. The molecule has 1 heterocycles. The van der Waals surface area contributed by atoms with E-state index in [0.717, 1.165) is 16.9 Å². The second kappa shape index (κ2) is 9.51. The first-order chi connectivity index (χ1) is 15.1. The number of fused-ring (bicyclic) bond motifs is 1. The molecule has 0 N–H and O–H groups in total. The zero-order valence-electron chi connectivity index (χ0n) is 17.3. The lowest BCUT2D eigenvalue weighted by Gasteiger charge is -2.23. The highest BCUT2D eigenvalue weighted by molar-refractivity contribution is 7.89. The molecule has 0 aromatic heterocycles. The highest BCUT2D eigenvalue weighted by atomic mass is 32.2. The van der Waals surface area contributed by atoms with Crippen LogP contribution in [0.4, 0.5) is 0 Å². The Morgan fingerprint density at radius 2 is 1.65 bits per heavy atom. The van der Waals surface area contributed by atoms with E-state index in [-0.39, 0.29) is 24.6 Å². The normalized spacial score (nSPS) is 17.9. The average Bonchev–Trinajstić information content (AvgIpc) is 2.89. The lowest BCUT2D eigenvalue weighted by molar-refractivity contribution is 0.0336. The van der Waals surface area contributed by atoms with Gasteiger partial charge < -0.3 is 14.2 Å². The van der Waals surface area contributed by atoms with Crippen molar-refractivity contribution < 1.29 is 22.6 Å². The number of nitrogens with zero attached hydrogens (tertiary/aromatic N) is 1. The van der Waals surface area contributed by atoms with Crippen LogP contribution in [-0.2, 0) is 27.9 Å². The molecule has 0 saturated heterocycles. The van der Waals surface area contributed by atoms with Crippen LogP contribution in [0.5, 0.6) is 11.5 Å². The Balaban J connectivity index is 1.55. The molecule has 1 aliphatic rings. The van der Waals surface area contributed by atoms with Gasteiger partial charge in [-0.05, 0) is 35.4 Å². The monoisotopic (exact) mass is 439 g/mol. The van der Waals surface area contributed by atoms with Crippen LogP contribution < -0.4 is 9.47 Å². The molecule has 0 bridgehead atoms. The van der Waals surface area contributed by atoms with Crippen LogP contribution in [0.25, 0.3) is 0 Å². The molecule has 1 unspecified atom stereocenters. The van der Waals surface area contributed by atoms with Crippen molar-refractivity contribution in [2.24, 2.45) is 0 Å². The van der Waals surface area contributed by atoms with Gasteiger partial charge in [0.25, 0.3) is 0 Å². The maximum atomic E-state index is 13.4. The Bertz CT molecular complexity index is 1100. The van der Waals surface area contributed by atoms with Gasteiger partial charge in [0.15, 0.2) is 0 Å². The molecule has 162 valence electrons. The Kier molecular flexibility index (Phi) is 6.56. The van der Waals surface area contributed by atoms with E-state index < -0.39 is 16.1 Å². The lowest BCUT2D eigenvalue weighted by Crippen LogP contribution is -2.38. The number of ether oxygens (including phenoxy) is 3. The quantitative estimate of drug-likeness (QED) is 0.559. The molecule has 4 rings (SSSR count). The van der Waals surface area contributed by atoms with Gasteiger partial charge in [-0.2, -0.15) is 4.31 Å². The van der Waals surface area contributed by atoms with Crippen molar-refractivity contribution in [1.29, 1.82) is 0 Å². The molecule has 31 heavy (non-hydrogen) atoms. The van der Waals surface area contributed by atoms with Crippen LogP contribution in [0.2, 0.25) is 0 Å². The van der Waals surface area contributed by atoms with E-state index >= 15 is 0 Å². The van der Waals surface area contributed by atoms with Crippen LogP contribution >= 0.6 is 0 Å². The minimum Gasteiger partial charge on any atom is -0.497 e. The molecule has 1 aliphatic heterocycles. The highest BCUT2D eigenvalue weighted by Crippen LogP contribution is 2.32. The van der Waals surface area contributed by atoms with E-state index in [0.29, 0.717) is 12.4 Å². The third kappa shape index (κ3) is 5.07. The Hall–Kier alpha value is -2.87. The predicted molar refractivity (Wildman–Crippen MR) is 118 cm³/mol. The summed E-state index contributed by atoms with van der Waals surface area (Å²) in [5, 5.41) is 0. The SMILES string of the molecule is COc1ccc(CN2CC(COCc3ccccc3)Oc3ccccc3S2(=O)=O)cc1. The van der Waals surface area contributed by atoms with Crippen molar-refractivity contribution in [3.05, 3.63) is 90.0 Å². The number of methoxy groups -OCH3 is 1. The number of hydrogen-bond donors (Lipinski definition) is 0. The molecule has 0 radical (unpaired) electrons. The summed E-state index contributed by atoms with van der Waals surface area (Å²) in [4.78, 5) is 0.175. The fourth-order valence-electron chi connectivity index (χ4n) is 3.50. The zero-order valence-corrected chi connectivity index (χ0v) is 18.1. The third-order valence-electron chi connectivity index (χ3n) is 5.10. The predicted octanol–water partition coefficient (Wildman–Crippen LogP) is 3.86. The van der Waals surface area contributed by atoms with Gasteiger partial charge in [-0.15, -0.1) is 0 Å². The Labute approximate surface area is 183 Å². The fourth-order valence-corrected chi connectivity index (χ4v) is 5.08. The van der Waals surface area contributed by atoms with Gasteiger partial charge in [0.05, 0.1) is 26.9 Å². The van der Waals surface area contributed by atoms with Crippen LogP contribution in [0.15, 0.2) is 83.8 Å². The van der Waals surface area contributed by atoms with Gasteiger partial charge in [-0.25, -0.2) is 8.42 Å². The van der Waals surface area contributed by atoms with Gasteiger partial charge in [0, 0.05) is 6.54 Å². The number of sulfonamides is 1. The number of hydrogen-bond acceptors (Lipinski definition) is 5. The smallest absolute Gasteiger partial charge is 0.247 e. The molecule has 7 heteroatoms. The van der Waals surface area contributed by atoms with E-state index in [1.165, 1.54) is 4.31 Å². The second-order valence-corrected chi connectivity index (χ2v) is 9.24. The Morgan fingerprint density at radius 1 is 0.935 bits per heavy atom. The van der Waals surface area contributed by atoms with Gasteiger partial charge in [-0.1, -0.05) is 54.6 Å². The fraction of sp³-hybridized carbons (Fsp3) is 0.250. The first-order valence-electron chi connectivity index (χ1n) is 10.1. The molecule has 0 amide bonds. The second-order valence-electron chi connectivity index (χ2n) is 7.33. The van der Waals surface area contributed by atoms with Gasteiger partial charge in [0.1, 0.15) is 22.5 Å². The van der Waals surface area contributed by atoms with E-state index in [4.69, 9.17) is 14.2 Å². The van der Waals surface area contributed by atoms with Crippen molar-refractivity contribution >= 4 is 10.0 Å². The summed E-state index contributed by atoms with van der Waals surface area (Å²) in [7, 11) is -2.12.